The summed E-state index contributed by atoms with van der Waals surface area (Å²) >= 11 is 0. The maximum absolute atomic E-state index is 13.0. The zero-order valence-electron chi connectivity index (χ0n) is 24.7. The van der Waals surface area contributed by atoms with Gasteiger partial charge in [-0.1, -0.05) is 76.5 Å². The highest BCUT2D eigenvalue weighted by atomic mass is 16.5. The topological polar surface area (TPSA) is 91.1 Å². The van der Waals surface area contributed by atoms with Gasteiger partial charge in [-0.2, -0.15) is 0 Å². The normalized spacial score (nSPS) is 20.5. The maximum atomic E-state index is 13.0. The first-order valence-corrected chi connectivity index (χ1v) is 16.0. The number of piperazine rings is 1. The van der Waals surface area contributed by atoms with Crippen LogP contribution in [0.1, 0.15) is 101 Å². The van der Waals surface area contributed by atoms with E-state index in [1.807, 2.05) is 24.4 Å². The van der Waals surface area contributed by atoms with E-state index in [1.54, 1.807) is 4.57 Å². The Hall–Kier alpha value is -3.00. The van der Waals surface area contributed by atoms with E-state index >= 15 is 0 Å². The average Bonchev–Trinajstić information content (AvgIpc) is 3.67. The zero-order valence-corrected chi connectivity index (χ0v) is 24.7. The van der Waals surface area contributed by atoms with E-state index in [2.05, 4.69) is 33.9 Å². The fraction of sp³-hybridized carbons (Fsp3) is 0.636. The van der Waals surface area contributed by atoms with Crippen LogP contribution in [0.5, 0.6) is 11.8 Å². The number of hydrogen-bond donors (Lipinski definition) is 2. The van der Waals surface area contributed by atoms with Crippen LogP contribution in [0.15, 0.2) is 36.5 Å². The number of carbonyl (C=O) groups is 1. The van der Waals surface area contributed by atoms with Crippen LogP contribution in [0.3, 0.4) is 0 Å². The van der Waals surface area contributed by atoms with Crippen LogP contribution in [0.4, 0.5) is 5.82 Å². The lowest BCUT2D eigenvalue weighted by Crippen LogP contribution is -2.49. The Kier molecular flexibility index (Phi) is 10.3. The van der Waals surface area contributed by atoms with E-state index in [9.17, 15) is 15.0 Å². The molecule has 0 amide bonds. The second-order valence-electron chi connectivity index (χ2n) is 12.1. The molecule has 1 saturated heterocycles. The average molecular weight is 565 g/mol. The van der Waals surface area contributed by atoms with Gasteiger partial charge in [0.05, 0.1) is 6.54 Å². The smallest absolute Gasteiger partial charge is 0.306 e. The lowest BCUT2D eigenvalue weighted by molar-refractivity contribution is -0.151. The second-order valence-corrected chi connectivity index (χ2v) is 12.1. The third kappa shape index (κ3) is 7.26. The Balaban J connectivity index is 1.16. The summed E-state index contributed by atoms with van der Waals surface area (Å²) in [5, 5.41) is 22.2. The molecule has 0 spiro atoms. The number of aromatic hydroxyl groups is 2. The summed E-state index contributed by atoms with van der Waals surface area (Å²) in [4.78, 5) is 22.0. The van der Waals surface area contributed by atoms with Crippen molar-refractivity contribution < 1.29 is 19.7 Å². The highest BCUT2D eigenvalue weighted by Gasteiger charge is 2.41. The van der Waals surface area contributed by atoms with Gasteiger partial charge in [-0.25, -0.2) is 4.98 Å². The van der Waals surface area contributed by atoms with Crippen LogP contribution in [-0.2, 0) is 16.1 Å². The summed E-state index contributed by atoms with van der Waals surface area (Å²) in [5.41, 5.74) is 1.69. The van der Waals surface area contributed by atoms with Gasteiger partial charge in [0.15, 0.2) is 11.8 Å². The molecular formula is C33H48N4O4. The molecule has 2 N–H and O–H groups in total. The lowest BCUT2D eigenvalue weighted by atomic mass is 10.0. The minimum absolute atomic E-state index is 0.120. The van der Waals surface area contributed by atoms with Crippen LogP contribution in [0.25, 0.3) is 0 Å². The highest BCUT2D eigenvalue weighted by molar-refractivity contribution is 5.69. The third-order valence-electron chi connectivity index (χ3n) is 9.08. The fourth-order valence-electron chi connectivity index (χ4n) is 6.81. The zero-order chi connectivity index (χ0) is 28.6. The number of esters is 1. The maximum Gasteiger partial charge on any atom is 0.306 e. The third-order valence-corrected chi connectivity index (χ3v) is 9.08. The van der Waals surface area contributed by atoms with E-state index in [-0.39, 0.29) is 36.1 Å². The summed E-state index contributed by atoms with van der Waals surface area (Å²) in [6.07, 6.45) is 17.7. The summed E-state index contributed by atoms with van der Waals surface area (Å²) in [5.74, 6) is 1.36. The Morgan fingerprint density at radius 2 is 1.54 bits per heavy atom. The number of allylic oxidation sites excluding steroid dienone is 2. The number of rotatable bonds is 16. The van der Waals surface area contributed by atoms with Crippen molar-refractivity contribution in [1.82, 2.24) is 14.5 Å². The van der Waals surface area contributed by atoms with Gasteiger partial charge >= 0.3 is 5.97 Å². The van der Waals surface area contributed by atoms with Crippen molar-refractivity contribution >= 4 is 11.8 Å². The molecule has 8 heteroatoms. The number of fused-ring (bicyclic) bond motifs is 5. The fourth-order valence-corrected chi connectivity index (χ4v) is 6.81. The molecule has 2 aliphatic carbocycles. The van der Waals surface area contributed by atoms with Crippen molar-refractivity contribution in [2.75, 3.05) is 37.6 Å². The molecule has 3 heterocycles. The molecule has 2 aromatic rings. The van der Waals surface area contributed by atoms with Gasteiger partial charge in [-0.3, -0.25) is 14.3 Å². The molecule has 3 unspecified atom stereocenters. The lowest BCUT2D eigenvalue weighted by Gasteiger charge is -2.37. The van der Waals surface area contributed by atoms with Crippen LogP contribution in [0, 0.1) is 0 Å². The van der Waals surface area contributed by atoms with Crippen LogP contribution in [0.2, 0.25) is 0 Å². The minimum Gasteiger partial charge on any atom is -0.494 e. The number of pyridine rings is 1. The molecule has 1 aliphatic heterocycles. The predicted molar refractivity (Wildman–Crippen MR) is 162 cm³/mol. The van der Waals surface area contributed by atoms with Gasteiger partial charge in [-0.05, 0) is 25.0 Å². The van der Waals surface area contributed by atoms with Crippen LogP contribution < -0.4 is 4.90 Å². The molecule has 5 rings (SSSR count). The van der Waals surface area contributed by atoms with Crippen LogP contribution >= 0.6 is 0 Å². The molecule has 224 valence electrons. The quantitative estimate of drug-likeness (QED) is 0.145. The van der Waals surface area contributed by atoms with Gasteiger partial charge < -0.3 is 19.8 Å². The number of ether oxygens (including phenoxy) is 1. The molecule has 2 bridgehead atoms. The van der Waals surface area contributed by atoms with Crippen molar-refractivity contribution in [3.05, 3.63) is 47.7 Å². The van der Waals surface area contributed by atoms with E-state index in [1.165, 1.54) is 38.5 Å². The minimum atomic E-state index is -0.461. The summed E-state index contributed by atoms with van der Waals surface area (Å²) in [7, 11) is 0. The van der Waals surface area contributed by atoms with E-state index in [4.69, 9.17) is 4.74 Å². The molecule has 3 aliphatic rings. The van der Waals surface area contributed by atoms with Gasteiger partial charge in [0.25, 0.3) is 0 Å². The van der Waals surface area contributed by atoms with E-state index in [0.717, 1.165) is 68.8 Å². The summed E-state index contributed by atoms with van der Waals surface area (Å²) in [6.45, 7) is 6.40. The first kappa shape index (κ1) is 29.5. The number of carbonyl (C=O) groups excluding carboxylic acids is 1. The molecular weight excluding hydrogens is 516 g/mol. The van der Waals surface area contributed by atoms with Gasteiger partial charge in [0.2, 0.25) is 0 Å². The van der Waals surface area contributed by atoms with Crippen molar-refractivity contribution in [1.29, 1.82) is 0 Å². The van der Waals surface area contributed by atoms with Crippen molar-refractivity contribution in [2.24, 2.45) is 0 Å². The SMILES string of the molecule is CCCCCCCCCCCC(=O)OC(CN1CCN(c2ccccn2)CC1)Cn1c(O)c2c(c1O)C1C=CC2C1. The van der Waals surface area contributed by atoms with Crippen molar-refractivity contribution in [2.45, 2.75) is 102 Å². The van der Waals surface area contributed by atoms with Gasteiger partial charge in [-0.15, -0.1) is 0 Å². The number of aromatic nitrogens is 2. The standard InChI is InChI=1S/C33H48N4O4/c1-2-3-4-5-6-7-8-9-10-14-29(38)41-27(23-35-18-20-36(21-19-35)28-13-11-12-17-34-28)24-37-32(39)30-25-15-16-26(22-25)31(30)33(37)40/h11-13,15-17,25-27,39-40H,2-10,14,18-24H2,1H3. The van der Waals surface area contributed by atoms with Crippen molar-refractivity contribution in [3.63, 3.8) is 0 Å². The van der Waals surface area contributed by atoms with Crippen molar-refractivity contribution in [3.8, 4) is 11.8 Å². The Bertz CT molecular complexity index is 1120. The largest absolute Gasteiger partial charge is 0.494 e. The predicted octanol–water partition coefficient (Wildman–Crippen LogP) is 6.09. The number of hydrogen-bond acceptors (Lipinski definition) is 7. The summed E-state index contributed by atoms with van der Waals surface area (Å²) in [6, 6.07) is 5.97. The molecule has 3 atom stereocenters. The Morgan fingerprint density at radius 3 is 2.15 bits per heavy atom. The molecule has 0 aromatic carbocycles. The molecule has 0 saturated carbocycles. The van der Waals surface area contributed by atoms with Gasteiger partial charge in [0, 0.05) is 68.3 Å². The molecule has 1 fully saturated rings. The van der Waals surface area contributed by atoms with E-state index in [0.29, 0.717) is 13.0 Å². The second kappa shape index (κ2) is 14.3. The van der Waals surface area contributed by atoms with E-state index < -0.39 is 6.10 Å². The Morgan fingerprint density at radius 1 is 0.902 bits per heavy atom. The molecule has 41 heavy (non-hydrogen) atoms. The first-order chi connectivity index (χ1) is 20.0. The number of unbranched alkanes of at least 4 members (excludes halogenated alkanes) is 8. The summed E-state index contributed by atoms with van der Waals surface area (Å²) < 4.78 is 7.62. The number of anilines is 1. The Labute approximate surface area is 245 Å². The number of nitrogens with zero attached hydrogens (tertiary/aromatic N) is 4. The van der Waals surface area contributed by atoms with Gasteiger partial charge in [0.1, 0.15) is 11.9 Å². The molecule has 2 aromatic heterocycles. The molecule has 8 nitrogen and oxygen atoms in total. The van der Waals surface area contributed by atoms with Crippen LogP contribution in [-0.4, -0.2) is 69.5 Å². The monoisotopic (exact) mass is 564 g/mol. The first-order valence-electron chi connectivity index (χ1n) is 16.0. The highest BCUT2D eigenvalue weighted by Crippen LogP contribution is 2.56. The molecule has 0 radical (unpaired) electrons.